The van der Waals surface area contributed by atoms with Crippen molar-refractivity contribution in [3.63, 3.8) is 0 Å². The SMILES string of the molecule is CNc1nc2ccccc2nc1OC1CCNC1.Cl. The molecule has 1 saturated heterocycles. The van der Waals surface area contributed by atoms with Crippen LogP contribution in [0.1, 0.15) is 6.42 Å². The van der Waals surface area contributed by atoms with E-state index in [2.05, 4.69) is 20.6 Å². The van der Waals surface area contributed by atoms with Gasteiger partial charge in [-0.1, -0.05) is 12.1 Å². The quantitative estimate of drug-likeness (QED) is 0.898. The molecule has 0 saturated carbocycles. The number of fused-ring (bicyclic) bond motifs is 1. The molecular formula is C13H17ClN4O. The predicted octanol–water partition coefficient (Wildman–Crippen LogP) is 1.83. The van der Waals surface area contributed by atoms with Gasteiger partial charge in [0.2, 0.25) is 0 Å². The van der Waals surface area contributed by atoms with E-state index in [9.17, 15) is 0 Å². The van der Waals surface area contributed by atoms with Crippen LogP contribution in [0.4, 0.5) is 5.82 Å². The minimum Gasteiger partial charge on any atom is -0.470 e. The third kappa shape index (κ3) is 2.88. The summed E-state index contributed by atoms with van der Waals surface area (Å²) in [6, 6.07) is 7.81. The molecule has 2 N–H and O–H groups in total. The first-order valence-corrected chi connectivity index (χ1v) is 6.19. The molecular weight excluding hydrogens is 264 g/mol. The average Bonchev–Trinajstić information content (AvgIpc) is 2.91. The lowest BCUT2D eigenvalue weighted by Gasteiger charge is -2.14. The van der Waals surface area contributed by atoms with E-state index >= 15 is 0 Å². The first kappa shape index (κ1) is 13.8. The van der Waals surface area contributed by atoms with E-state index in [-0.39, 0.29) is 18.5 Å². The number of nitrogens with one attached hydrogen (secondary N) is 2. The minimum atomic E-state index is 0. The van der Waals surface area contributed by atoms with E-state index in [0.29, 0.717) is 11.7 Å². The Kier molecular flexibility index (Phi) is 4.39. The third-order valence-corrected chi connectivity index (χ3v) is 3.07. The van der Waals surface area contributed by atoms with Crippen LogP contribution in [0.25, 0.3) is 11.0 Å². The minimum absolute atomic E-state index is 0. The number of benzene rings is 1. The zero-order valence-electron chi connectivity index (χ0n) is 10.7. The summed E-state index contributed by atoms with van der Waals surface area (Å²) in [5.41, 5.74) is 1.73. The monoisotopic (exact) mass is 280 g/mol. The van der Waals surface area contributed by atoms with E-state index in [4.69, 9.17) is 4.74 Å². The second kappa shape index (κ2) is 6.04. The molecule has 1 aliphatic rings. The fourth-order valence-corrected chi connectivity index (χ4v) is 2.12. The summed E-state index contributed by atoms with van der Waals surface area (Å²) in [6.07, 6.45) is 1.20. The molecule has 2 aromatic rings. The number of hydrogen-bond acceptors (Lipinski definition) is 5. The molecule has 19 heavy (non-hydrogen) atoms. The van der Waals surface area contributed by atoms with Crippen LogP contribution in [0.2, 0.25) is 0 Å². The van der Waals surface area contributed by atoms with Crippen LogP contribution in [0.15, 0.2) is 24.3 Å². The van der Waals surface area contributed by atoms with Gasteiger partial charge < -0.3 is 15.4 Å². The first-order valence-electron chi connectivity index (χ1n) is 6.19. The molecule has 1 unspecified atom stereocenters. The molecule has 1 aliphatic heterocycles. The molecule has 6 heteroatoms. The molecule has 1 atom stereocenters. The van der Waals surface area contributed by atoms with Crippen LogP contribution in [0, 0.1) is 0 Å². The maximum Gasteiger partial charge on any atom is 0.258 e. The van der Waals surface area contributed by atoms with Gasteiger partial charge in [-0.2, -0.15) is 0 Å². The highest BCUT2D eigenvalue weighted by Crippen LogP contribution is 2.24. The molecule has 2 heterocycles. The number of aromatic nitrogens is 2. The molecule has 0 amide bonds. The highest BCUT2D eigenvalue weighted by molar-refractivity contribution is 5.85. The Hall–Kier alpha value is -1.59. The molecule has 1 aromatic heterocycles. The molecule has 0 spiro atoms. The molecule has 1 fully saturated rings. The Morgan fingerprint density at radius 1 is 1.26 bits per heavy atom. The fraction of sp³-hybridized carbons (Fsp3) is 0.385. The Morgan fingerprint density at radius 2 is 2.00 bits per heavy atom. The van der Waals surface area contributed by atoms with Crippen molar-refractivity contribution in [3.05, 3.63) is 24.3 Å². The number of rotatable bonds is 3. The van der Waals surface area contributed by atoms with Crippen molar-refractivity contribution in [2.75, 3.05) is 25.5 Å². The van der Waals surface area contributed by atoms with Gasteiger partial charge in [0.25, 0.3) is 5.88 Å². The van der Waals surface area contributed by atoms with Crippen molar-refractivity contribution < 1.29 is 4.74 Å². The van der Waals surface area contributed by atoms with Crippen LogP contribution >= 0.6 is 12.4 Å². The molecule has 0 aliphatic carbocycles. The maximum atomic E-state index is 5.91. The van der Waals surface area contributed by atoms with Gasteiger partial charge in [0, 0.05) is 13.6 Å². The van der Waals surface area contributed by atoms with E-state index in [1.165, 1.54) is 0 Å². The summed E-state index contributed by atoms with van der Waals surface area (Å²) in [7, 11) is 1.83. The Labute approximate surface area is 118 Å². The van der Waals surface area contributed by atoms with Crippen LogP contribution < -0.4 is 15.4 Å². The third-order valence-electron chi connectivity index (χ3n) is 3.07. The standard InChI is InChI=1S/C13H16N4O.ClH/c1-14-12-13(18-9-6-7-15-8-9)17-11-5-3-2-4-10(11)16-12;/h2-5,9,15H,6-8H2,1H3,(H,14,16);1H. The van der Waals surface area contributed by atoms with Gasteiger partial charge in [-0.05, 0) is 25.1 Å². The van der Waals surface area contributed by atoms with E-state index in [1.807, 2.05) is 31.3 Å². The average molecular weight is 281 g/mol. The smallest absolute Gasteiger partial charge is 0.258 e. The number of hydrogen-bond donors (Lipinski definition) is 2. The summed E-state index contributed by atoms with van der Waals surface area (Å²) in [5, 5.41) is 6.32. The Bertz CT molecular complexity index is 557. The van der Waals surface area contributed by atoms with Crippen LogP contribution in [-0.4, -0.2) is 36.2 Å². The van der Waals surface area contributed by atoms with Crippen molar-refractivity contribution in [3.8, 4) is 5.88 Å². The van der Waals surface area contributed by atoms with Crippen LogP contribution in [0.3, 0.4) is 0 Å². The number of para-hydroxylation sites is 2. The lowest BCUT2D eigenvalue weighted by atomic mass is 10.3. The zero-order valence-corrected chi connectivity index (χ0v) is 11.5. The van der Waals surface area contributed by atoms with Crippen molar-refractivity contribution in [1.82, 2.24) is 15.3 Å². The zero-order chi connectivity index (χ0) is 12.4. The van der Waals surface area contributed by atoms with Gasteiger partial charge in [-0.15, -0.1) is 12.4 Å². The maximum absolute atomic E-state index is 5.91. The summed E-state index contributed by atoms with van der Waals surface area (Å²) >= 11 is 0. The molecule has 5 nitrogen and oxygen atoms in total. The van der Waals surface area contributed by atoms with Gasteiger partial charge in [0.15, 0.2) is 5.82 Å². The van der Waals surface area contributed by atoms with Gasteiger partial charge in [0.05, 0.1) is 11.0 Å². The molecule has 0 bridgehead atoms. The second-order valence-corrected chi connectivity index (χ2v) is 4.35. The fourth-order valence-electron chi connectivity index (χ4n) is 2.12. The van der Waals surface area contributed by atoms with Crippen molar-refractivity contribution in [2.24, 2.45) is 0 Å². The lowest BCUT2D eigenvalue weighted by Crippen LogP contribution is -2.21. The first-order chi connectivity index (χ1) is 8.86. The Morgan fingerprint density at radius 3 is 2.63 bits per heavy atom. The molecule has 3 rings (SSSR count). The van der Waals surface area contributed by atoms with Crippen LogP contribution in [-0.2, 0) is 0 Å². The Balaban J connectivity index is 0.00000133. The summed E-state index contributed by atoms with van der Waals surface area (Å²) in [4.78, 5) is 9.05. The number of halogens is 1. The molecule has 1 aromatic carbocycles. The summed E-state index contributed by atoms with van der Waals surface area (Å²) in [5.74, 6) is 1.28. The van der Waals surface area contributed by atoms with E-state index in [1.54, 1.807) is 0 Å². The highest BCUT2D eigenvalue weighted by atomic mass is 35.5. The number of anilines is 1. The van der Waals surface area contributed by atoms with Gasteiger partial charge in [-0.3, -0.25) is 0 Å². The highest BCUT2D eigenvalue weighted by Gasteiger charge is 2.19. The van der Waals surface area contributed by atoms with Crippen LogP contribution in [0.5, 0.6) is 5.88 Å². The summed E-state index contributed by atoms with van der Waals surface area (Å²) < 4.78 is 5.91. The van der Waals surface area contributed by atoms with Gasteiger partial charge in [0.1, 0.15) is 6.10 Å². The predicted molar refractivity (Wildman–Crippen MR) is 78.2 cm³/mol. The largest absolute Gasteiger partial charge is 0.470 e. The van der Waals surface area contributed by atoms with Crippen molar-refractivity contribution in [1.29, 1.82) is 0 Å². The van der Waals surface area contributed by atoms with Gasteiger partial charge >= 0.3 is 0 Å². The lowest BCUT2D eigenvalue weighted by molar-refractivity contribution is 0.215. The number of nitrogens with zero attached hydrogens (tertiary/aromatic N) is 2. The van der Waals surface area contributed by atoms with E-state index < -0.39 is 0 Å². The van der Waals surface area contributed by atoms with Gasteiger partial charge in [-0.25, -0.2) is 9.97 Å². The normalized spacial score (nSPS) is 18.1. The number of ether oxygens (including phenoxy) is 1. The van der Waals surface area contributed by atoms with Crippen molar-refractivity contribution in [2.45, 2.75) is 12.5 Å². The topological polar surface area (TPSA) is 59.1 Å². The summed E-state index contributed by atoms with van der Waals surface area (Å²) in [6.45, 7) is 1.87. The molecule has 0 radical (unpaired) electrons. The second-order valence-electron chi connectivity index (χ2n) is 4.35. The molecule has 102 valence electrons. The van der Waals surface area contributed by atoms with E-state index in [0.717, 1.165) is 30.5 Å². The van der Waals surface area contributed by atoms with Crippen molar-refractivity contribution >= 4 is 29.3 Å².